The fourth-order valence-electron chi connectivity index (χ4n) is 4.12. The van der Waals surface area contributed by atoms with Crippen molar-refractivity contribution in [1.29, 1.82) is 0 Å². The zero-order valence-corrected chi connectivity index (χ0v) is 15.8. The maximum Gasteiger partial charge on any atom is 0.316 e. The van der Waals surface area contributed by atoms with Gasteiger partial charge in [-0.25, -0.2) is 0 Å². The molecular formula is C22H23N3O3. The molecule has 1 aliphatic carbocycles. The molecule has 1 heterocycles. The molecule has 1 unspecified atom stereocenters. The van der Waals surface area contributed by atoms with Crippen molar-refractivity contribution >= 4 is 16.9 Å². The molecule has 0 fully saturated rings. The van der Waals surface area contributed by atoms with Crippen molar-refractivity contribution in [3.63, 3.8) is 0 Å². The van der Waals surface area contributed by atoms with Crippen LogP contribution in [-0.2, 0) is 13.0 Å². The molecule has 3 aromatic rings. The Bertz CT molecular complexity index is 1160. The van der Waals surface area contributed by atoms with Crippen molar-refractivity contribution < 1.29 is 4.79 Å². The normalized spacial score (nSPS) is 16.0. The first-order valence-electron chi connectivity index (χ1n) is 9.71. The van der Waals surface area contributed by atoms with E-state index >= 15 is 0 Å². The van der Waals surface area contributed by atoms with Crippen molar-refractivity contribution in [2.45, 2.75) is 38.6 Å². The van der Waals surface area contributed by atoms with Crippen LogP contribution < -0.4 is 16.4 Å². The van der Waals surface area contributed by atoms with Crippen molar-refractivity contribution in [1.82, 2.24) is 14.9 Å². The summed E-state index contributed by atoms with van der Waals surface area (Å²) >= 11 is 0. The Balaban J connectivity index is 1.56. The molecule has 1 aromatic heterocycles. The van der Waals surface area contributed by atoms with E-state index in [1.165, 1.54) is 15.7 Å². The molecule has 4 rings (SSSR count). The number of amides is 1. The van der Waals surface area contributed by atoms with Crippen LogP contribution in [0.1, 0.15) is 47.2 Å². The van der Waals surface area contributed by atoms with E-state index in [0.29, 0.717) is 35.6 Å². The molecule has 1 atom stereocenters. The highest BCUT2D eigenvalue weighted by Gasteiger charge is 2.20. The van der Waals surface area contributed by atoms with Gasteiger partial charge in [-0.05, 0) is 55.5 Å². The van der Waals surface area contributed by atoms with E-state index in [4.69, 9.17) is 0 Å². The molecule has 144 valence electrons. The molecule has 28 heavy (non-hydrogen) atoms. The molecule has 1 amide bonds. The second-order valence-electron chi connectivity index (χ2n) is 7.23. The van der Waals surface area contributed by atoms with Gasteiger partial charge < -0.3 is 14.9 Å². The molecule has 0 aliphatic heterocycles. The SMILES string of the molecule is CCn1c(=O)c(=O)[nH]c2cc(C(=O)NCC3CCCc4ccccc43)ccc21. The van der Waals surface area contributed by atoms with Crippen molar-refractivity contribution in [3.8, 4) is 0 Å². The Hall–Kier alpha value is -3.15. The number of aromatic amines is 1. The number of benzene rings is 2. The van der Waals surface area contributed by atoms with Gasteiger partial charge in [0.25, 0.3) is 5.91 Å². The number of aromatic nitrogens is 2. The third-order valence-electron chi connectivity index (χ3n) is 5.56. The summed E-state index contributed by atoms with van der Waals surface area (Å²) in [4.78, 5) is 39.1. The first-order chi connectivity index (χ1) is 13.6. The Morgan fingerprint density at radius 1 is 1.21 bits per heavy atom. The summed E-state index contributed by atoms with van der Waals surface area (Å²) in [5.41, 5.74) is 3.01. The van der Waals surface area contributed by atoms with Crippen LogP contribution in [0.15, 0.2) is 52.1 Å². The van der Waals surface area contributed by atoms with Gasteiger partial charge in [0.1, 0.15) is 0 Å². The number of aryl methyl sites for hydroxylation is 2. The van der Waals surface area contributed by atoms with Crippen LogP contribution in [0.3, 0.4) is 0 Å². The average Bonchev–Trinajstić information content (AvgIpc) is 2.72. The standard InChI is InChI=1S/C22H23N3O3/c1-2-25-19-11-10-15(12-18(19)24-21(27)22(25)28)20(26)23-13-16-8-5-7-14-6-3-4-9-17(14)16/h3-4,6,9-12,16H,2,5,7-8,13H2,1H3,(H,23,26)(H,24,27). The average molecular weight is 377 g/mol. The predicted octanol–water partition coefficient (Wildman–Crippen LogP) is 2.56. The number of hydrogen-bond donors (Lipinski definition) is 2. The lowest BCUT2D eigenvalue weighted by Gasteiger charge is -2.25. The molecule has 6 heteroatoms. The summed E-state index contributed by atoms with van der Waals surface area (Å²) < 4.78 is 1.41. The lowest BCUT2D eigenvalue weighted by atomic mass is 9.83. The molecule has 1 aliphatic rings. The van der Waals surface area contributed by atoms with Gasteiger partial charge in [0, 0.05) is 24.6 Å². The Morgan fingerprint density at radius 3 is 2.86 bits per heavy atom. The second kappa shape index (κ2) is 7.46. The van der Waals surface area contributed by atoms with Gasteiger partial charge in [-0.15, -0.1) is 0 Å². The third-order valence-corrected chi connectivity index (χ3v) is 5.56. The number of fused-ring (bicyclic) bond motifs is 2. The van der Waals surface area contributed by atoms with E-state index in [0.717, 1.165) is 19.3 Å². The van der Waals surface area contributed by atoms with Gasteiger partial charge in [-0.3, -0.25) is 14.4 Å². The van der Waals surface area contributed by atoms with Crippen molar-refractivity contribution in [2.24, 2.45) is 0 Å². The predicted molar refractivity (Wildman–Crippen MR) is 109 cm³/mol. The highest BCUT2D eigenvalue weighted by atomic mass is 16.2. The lowest BCUT2D eigenvalue weighted by Crippen LogP contribution is -2.36. The molecule has 0 bridgehead atoms. The lowest BCUT2D eigenvalue weighted by molar-refractivity contribution is 0.0950. The fraction of sp³-hybridized carbons (Fsp3) is 0.318. The van der Waals surface area contributed by atoms with Crippen LogP contribution in [0.25, 0.3) is 11.0 Å². The smallest absolute Gasteiger partial charge is 0.316 e. The van der Waals surface area contributed by atoms with Crippen LogP contribution in [0, 0.1) is 0 Å². The van der Waals surface area contributed by atoms with E-state index in [-0.39, 0.29) is 5.91 Å². The van der Waals surface area contributed by atoms with Gasteiger partial charge in [-0.2, -0.15) is 0 Å². The van der Waals surface area contributed by atoms with Crippen LogP contribution in [0.5, 0.6) is 0 Å². The summed E-state index contributed by atoms with van der Waals surface area (Å²) in [6, 6.07) is 13.5. The van der Waals surface area contributed by atoms with Crippen molar-refractivity contribution in [2.75, 3.05) is 6.54 Å². The molecular weight excluding hydrogens is 354 g/mol. The number of nitrogens with one attached hydrogen (secondary N) is 2. The molecule has 2 aromatic carbocycles. The number of rotatable bonds is 4. The second-order valence-corrected chi connectivity index (χ2v) is 7.23. The minimum atomic E-state index is -0.675. The summed E-state index contributed by atoms with van der Waals surface area (Å²) in [5, 5.41) is 3.03. The molecule has 2 N–H and O–H groups in total. The maximum absolute atomic E-state index is 12.7. The summed E-state index contributed by atoms with van der Waals surface area (Å²) in [6.07, 6.45) is 3.28. The monoisotopic (exact) mass is 377 g/mol. The quantitative estimate of drug-likeness (QED) is 0.686. The largest absolute Gasteiger partial charge is 0.351 e. The molecule has 0 radical (unpaired) electrons. The van der Waals surface area contributed by atoms with Crippen LogP contribution in [-0.4, -0.2) is 22.0 Å². The van der Waals surface area contributed by atoms with E-state index in [9.17, 15) is 14.4 Å². The number of hydrogen-bond acceptors (Lipinski definition) is 3. The van der Waals surface area contributed by atoms with Crippen LogP contribution in [0.2, 0.25) is 0 Å². The van der Waals surface area contributed by atoms with E-state index in [2.05, 4.69) is 28.5 Å². The number of H-pyrrole nitrogens is 1. The van der Waals surface area contributed by atoms with Gasteiger partial charge >= 0.3 is 11.1 Å². The summed E-state index contributed by atoms with van der Waals surface area (Å²) in [7, 11) is 0. The first kappa shape index (κ1) is 18.2. The first-order valence-corrected chi connectivity index (χ1v) is 9.71. The van der Waals surface area contributed by atoms with Gasteiger partial charge in [0.15, 0.2) is 0 Å². The molecule has 6 nitrogen and oxygen atoms in total. The van der Waals surface area contributed by atoms with E-state index in [1.807, 2.05) is 13.0 Å². The molecule has 0 saturated carbocycles. The number of carbonyl (C=O) groups is 1. The Kier molecular flexibility index (Phi) is 4.86. The summed E-state index contributed by atoms with van der Waals surface area (Å²) in [5.74, 6) is 0.138. The van der Waals surface area contributed by atoms with E-state index < -0.39 is 11.1 Å². The van der Waals surface area contributed by atoms with Gasteiger partial charge in [-0.1, -0.05) is 24.3 Å². The Morgan fingerprint density at radius 2 is 2.04 bits per heavy atom. The topological polar surface area (TPSA) is 84.0 Å². The van der Waals surface area contributed by atoms with Gasteiger partial charge in [0.05, 0.1) is 11.0 Å². The maximum atomic E-state index is 12.7. The highest BCUT2D eigenvalue weighted by molar-refractivity contribution is 5.97. The minimum Gasteiger partial charge on any atom is -0.351 e. The third kappa shape index (κ3) is 3.26. The zero-order chi connectivity index (χ0) is 19.7. The van der Waals surface area contributed by atoms with Gasteiger partial charge in [0.2, 0.25) is 0 Å². The van der Waals surface area contributed by atoms with Crippen molar-refractivity contribution in [3.05, 3.63) is 79.9 Å². The highest BCUT2D eigenvalue weighted by Crippen LogP contribution is 2.30. The van der Waals surface area contributed by atoms with Crippen LogP contribution in [0.4, 0.5) is 0 Å². The zero-order valence-electron chi connectivity index (χ0n) is 15.8. The number of nitrogens with zero attached hydrogens (tertiary/aromatic N) is 1. The van der Waals surface area contributed by atoms with Crippen LogP contribution >= 0.6 is 0 Å². The fourth-order valence-corrected chi connectivity index (χ4v) is 4.12. The van der Waals surface area contributed by atoms with E-state index in [1.54, 1.807) is 18.2 Å². The molecule has 0 spiro atoms. The number of carbonyl (C=O) groups excluding carboxylic acids is 1. The Labute approximate surface area is 162 Å². The minimum absolute atomic E-state index is 0.181. The molecule has 0 saturated heterocycles. The summed E-state index contributed by atoms with van der Waals surface area (Å²) in [6.45, 7) is 2.79.